The number of carbonyl (C=O) groups excluding carboxylic acids is 1. The van der Waals surface area contributed by atoms with Crippen molar-refractivity contribution < 1.29 is 4.79 Å². The summed E-state index contributed by atoms with van der Waals surface area (Å²) in [5.41, 5.74) is 0. The molecule has 0 bridgehead atoms. The highest BCUT2D eigenvalue weighted by Crippen LogP contribution is 1.91. The summed E-state index contributed by atoms with van der Waals surface area (Å²) in [4.78, 5) is 13.2. The summed E-state index contributed by atoms with van der Waals surface area (Å²) in [5.74, 6) is 0.196. The second-order valence-electron chi connectivity index (χ2n) is 3.35. The Labute approximate surface area is 81.5 Å². The topological polar surface area (TPSA) is 32.3 Å². The summed E-state index contributed by atoms with van der Waals surface area (Å²) in [7, 11) is 1.87. The first-order valence-electron chi connectivity index (χ1n) is 5.17. The summed E-state index contributed by atoms with van der Waals surface area (Å²) in [6, 6.07) is 0. The summed E-state index contributed by atoms with van der Waals surface area (Å²) < 4.78 is 0. The van der Waals surface area contributed by atoms with Gasteiger partial charge in [-0.3, -0.25) is 4.79 Å². The maximum atomic E-state index is 11.4. The zero-order valence-electron chi connectivity index (χ0n) is 9.10. The van der Waals surface area contributed by atoms with Gasteiger partial charge in [0.1, 0.15) is 0 Å². The maximum Gasteiger partial charge on any atom is 0.236 e. The van der Waals surface area contributed by atoms with E-state index in [0.29, 0.717) is 6.54 Å². The van der Waals surface area contributed by atoms with Crippen molar-refractivity contribution >= 4 is 5.91 Å². The Bertz CT molecular complexity index is 137. The largest absolute Gasteiger partial charge is 0.345 e. The fourth-order valence-electron chi connectivity index (χ4n) is 1.03. The van der Waals surface area contributed by atoms with Crippen molar-refractivity contribution in [3.63, 3.8) is 0 Å². The lowest BCUT2D eigenvalue weighted by atomic mass is 10.3. The highest BCUT2D eigenvalue weighted by atomic mass is 16.2. The molecule has 0 radical (unpaired) electrons. The lowest BCUT2D eigenvalue weighted by Crippen LogP contribution is -2.36. The van der Waals surface area contributed by atoms with Gasteiger partial charge < -0.3 is 10.2 Å². The monoisotopic (exact) mass is 186 g/mol. The first-order valence-corrected chi connectivity index (χ1v) is 5.17. The van der Waals surface area contributed by atoms with Crippen LogP contribution in [-0.2, 0) is 4.79 Å². The molecule has 0 spiro atoms. The summed E-state index contributed by atoms with van der Waals surface area (Å²) in [6.07, 6.45) is 3.31. The molecule has 0 aliphatic heterocycles. The van der Waals surface area contributed by atoms with Crippen molar-refractivity contribution in [2.75, 3.05) is 26.7 Å². The SMILES string of the molecule is CCCCN(C)C(=O)CNCCC. The van der Waals surface area contributed by atoms with Crippen molar-refractivity contribution in [1.29, 1.82) is 0 Å². The van der Waals surface area contributed by atoms with E-state index in [-0.39, 0.29) is 5.91 Å². The minimum Gasteiger partial charge on any atom is -0.345 e. The number of likely N-dealkylation sites (N-methyl/N-ethyl adjacent to an activating group) is 1. The summed E-state index contributed by atoms with van der Waals surface area (Å²) in [6.45, 7) is 6.51. The molecule has 0 saturated heterocycles. The first-order chi connectivity index (χ1) is 6.22. The quantitative estimate of drug-likeness (QED) is 0.607. The third-order valence-corrected chi connectivity index (χ3v) is 1.98. The second-order valence-corrected chi connectivity index (χ2v) is 3.35. The lowest BCUT2D eigenvalue weighted by Gasteiger charge is -2.16. The van der Waals surface area contributed by atoms with Gasteiger partial charge in [0.25, 0.3) is 0 Å². The molecule has 0 fully saturated rings. The van der Waals surface area contributed by atoms with Gasteiger partial charge >= 0.3 is 0 Å². The van der Waals surface area contributed by atoms with Crippen LogP contribution in [0.25, 0.3) is 0 Å². The normalized spacial score (nSPS) is 10.1. The molecule has 1 amide bonds. The van der Waals surface area contributed by atoms with Crippen LogP contribution in [0.5, 0.6) is 0 Å². The molecule has 0 heterocycles. The van der Waals surface area contributed by atoms with Crippen molar-refractivity contribution in [1.82, 2.24) is 10.2 Å². The number of nitrogens with zero attached hydrogens (tertiary/aromatic N) is 1. The van der Waals surface area contributed by atoms with E-state index < -0.39 is 0 Å². The zero-order chi connectivity index (χ0) is 10.1. The van der Waals surface area contributed by atoms with Gasteiger partial charge in [0.05, 0.1) is 6.54 Å². The van der Waals surface area contributed by atoms with E-state index in [1.807, 2.05) is 7.05 Å². The zero-order valence-corrected chi connectivity index (χ0v) is 9.10. The van der Waals surface area contributed by atoms with Gasteiger partial charge in [0.2, 0.25) is 5.91 Å². The standard InChI is InChI=1S/C10H22N2O/c1-4-6-8-12(3)10(13)9-11-7-5-2/h11H,4-9H2,1-3H3. The average molecular weight is 186 g/mol. The molecule has 78 valence electrons. The molecule has 1 N–H and O–H groups in total. The van der Waals surface area contributed by atoms with Crippen LogP contribution >= 0.6 is 0 Å². The van der Waals surface area contributed by atoms with Crippen LogP contribution in [0, 0.1) is 0 Å². The minimum atomic E-state index is 0.196. The lowest BCUT2D eigenvalue weighted by molar-refractivity contribution is -0.129. The van der Waals surface area contributed by atoms with E-state index in [4.69, 9.17) is 0 Å². The van der Waals surface area contributed by atoms with Crippen molar-refractivity contribution in [3.05, 3.63) is 0 Å². The molecule has 0 aromatic rings. The number of amides is 1. The highest BCUT2D eigenvalue weighted by Gasteiger charge is 2.05. The molecule has 0 aliphatic rings. The van der Waals surface area contributed by atoms with E-state index in [0.717, 1.165) is 32.4 Å². The first kappa shape index (κ1) is 12.4. The van der Waals surface area contributed by atoms with Crippen molar-refractivity contribution in [3.8, 4) is 0 Å². The fourth-order valence-corrected chi connectivity index (χ4v) is 1.03. The second kappa shape index (κ2) is 8.05. The van der Waals surface area contributed by atoms with Gasteiger partial charge in [0, 0.05) is 13.6 Å². The predicted molar refractivity (Wildman–Crippen MR) is 55.7 cm³/mol. The number of unbranched alkanes of at least 4 members (excludes halogenated alkanes) is 1. The molecule has 3 heteroatoms. The molecular formula is C10H22N2O. The predicted octanol–water partition coefficient (Wildman–Crippen LogP) is 1.24. The molecule has 0 aromatic carbocycles. The summed E-state index contributed by atoms with van der Waals surface area (Å²) in [5, 5.41) is 3.10. The number of nitrogens with one attached hydrogen (secondary N) is 1. The van der Waals surface area contributed by atoms with Crippen LogP contribution in [-0.4, -0.2) is 37.5 Å². The molecule has 0 saturated carbocycles. The number of rotatable bonds is 7. The molecule has 13 heavy (non-hydrogen) atoms. The Morgan fingerprint density at radius 3 is 2.54 bits per heavy atom. The van der Waals surface area contributed by atoms with Gasteiger partial charge in [0.15, 0.2) is 0 Å². The van der Waals surface area contributed by atoms with Crippen LogP contribution in [0.1, 0.15) is 33.1 Å². The van der Waals surface area contributed by atoms with E-state index in [9.17, 15) is 4.79 Å². The minimum absolute atomic E-state index is 0.196. The van der Waals surface area contributed by atoms with E-state index in [1.54, 1.807) is 4.90 Å². The maximum absolute atomic E-state index is 11.4. The van der Waals surface area contributed by atoms with Crippen LogP contribution in [0.3, 0.4) is 0 Å². The van der Waals surface area contributed by atoms with Crippen molar-refractivity contribution in [2.45, 2.75) is 33.1 Å². The molecule has 0 aliphatic carbocycles. The number of hydrogen-bond donors (Lipinski definition) is 1. The summed E-state index contributed by atoms with van der Waals surface area (Å²) >= 11 is 0. The molecule has 0 rings (SSSR count). The van der Waals surface area contributed by atoms with Gasteiger partial charge in [-0.25, -0.2) is 0 Å². The number of carbonyl (C=O) groups is 1. The van der Waals surface area contributed by atoms with Crippen LogP contribution < -0.4 is 5.32 Å². The van der Waals surface area contributed by atoms with Crippen molar-refractivity contribution in [2.24, 2.45) is 0 Å². The Kier molecular flexibility index (Phi) is 7.69. The van der Waals surface area contributed by atoms with Gasteiger partial charge in [-0.15, -0.1) is 0 Å². The van der Waals surface area contributed by atoms with E-state index in [1.165, 1.54) is 0 Å². The number of hydrogen-bond acceptors (Lipinski definition) is 2. The molecular weight excluding hydrogens is 164 g/mol. The Morgan fingerprint density at radius 2 is 2.00 bits per heavy atom. The molecule has 0 aromatic heterocycles. The fraction of sp³-hybridized carbons (Fsp3) is 0.900. The molecule has 3 nitrogen and oxygen atoms in total. The van der Waals surface area contributed by atoms with Crippen LogP contribution in [0.2, 0.25) is 0 Å². The van der Waals surface area contributed by atoms with Gasteiger partial charge in [-0.05, 0) is 19.4 Å². The molecule has 0 unspecified atom stereocenters. The average Bonchev–Trinajstić information content (AvgIpc) is 2.14. The Balaban J connectivity index is 3.45. The van der Waals surface area contributed by atoms with Gasteiger partial charge in [-0.2, -0.15) is 0 Å². The van der Waals surface area contributed by atoms with Gasteiger partial charge in [-0.1, -0.05) is 20.3 Å². The van der Waals surface area contributed by atoms with Crippen LogP contribution in [0.15, 0.2) is 0 Å². The Morgan fingerprint density at radius 1 is 1.31 bits per heavy atom. The van der Waals surface area contributed by atoms with E-state index in [2.05, 4.69) is 19.2 Å². The highest BCUT2D eigenvalue weighted by molar-refractivity contribution is 5.77. The van der Waals surface area contributed by atoms with Crippen LogP contribution in [0.4, 0.5) is 0 Å². The third kappa shape index (κ3) is 6.58. The Hall–Kier alpha value is -0.570. The third-order valence-electron chi connectivity index (χ3n) is 1.98. The van der Waals surface area contributed by atoms with E-state index >= 15 is 0 Å². The molecule has 0 atom stereocenters. The smallest absolute Gasteiger partial charge is 0.236 e.